The third kappa shape index (κ3) is 3.18. The van der Waals surface area contributed by atoms with Gasteiger partial charge in [0.1, 0.15) is 5.82 Å². The van der Waals surface area contributed by atoms with Crippen LogP contribution in [-0.4, -0.2) is 0 Å². The quantitative estimate of drug-likeness (QED) is 0.617. The van der Waals surface area contributed by atoms with Crippen LogP contribution in [0.1, 0.15) is 24.1 Å². The number of aryl methyl sites for hydroxylation is 1. The number of halogens is 2. The lowest BCUT2D eigenvalue weighted by Crippen LogP contribution is -2.10. The molecule has 0 heterocycles. The van der Waals surface area contributed by atoms with E-state index in [1.165, 1.54) is 17.2 Å². The van der Waals surface area contributed by atoms with Crippen molar-refractivity contribution in [2.75, 3.05) is 11.1 Å². The van der Waals surface area contributed by atoms with E-state index in [1.807, 2.05) is 41.6 Å². The molecule has 0 saturated carbocycles. The third-order valence-electron chi connectivity index (χ3n) is 3.12. The van der Waals surface area contributed by atoms with Crippen molar-refractivity contribution in [3.8, 4) is 0 Å². The fourth-order valence-corrected chi connectivity index (χ4v) is 2.56. The van der Waals surface area contributed by atoms with Gasteiger partial charge in [0.2, 0.25) is 0 Å². The Morgan fingerprint density at radius 2 is 1.95 bits per heavy atom. The van der Waals surface area contributed by atoms with E-state index in [2.05, 4.69) is 24.4 Å². The summed E-state index contributed by atoms with van der Waals surface area (Å²) in [6.07, 6.45) is 0. The van der Waals surface area contributed by atoms with Gasteiger partial charge in [-0.2, -0.15) is 0 Å². The zero-order valence-electron chi connectivity index (χ0n) is 10.9. The highest BCUT2D eigenvalue weighted by Gasteiger charge is 2.11. The van der Waals surface area contributed by atoms with E-state index in [4.69, 9.17) is 5.73 Å². The lowest BCUT2D eigenvalue weighted by atomic mass is 10.0. The van der Waals surface area contributed by atoms with E-state index in [0.717, 1.165) is 0 Å². The molecule has 1 atom stereocenters. The molecular weight excluding hydrogens is 354 g/mol. The summed E-state index contributed by atoms with van der Waals surface area (Å²) < 4.78 is 14.1. The lowest BCUT2D eigenvalue weighted by molar-refractivity contribution is 0.620. The van der Waals surface area contributed by atoms with Gasteiger partial charge < -0.3 is 11.1 Å². The van der Waals surface area contributed by atoms with E-state index in [9.17, 15) is 4.39 Å². The first-order valence-electron chi connectivity index (χ1n) is 6.05. The largest absolute Gasteiger partial charge is 0.397 e. The molecule has 2 nitrogen and oxygen atoms in total. The molecule has 0 aliphatic heterocycles. The molecule has 2 rings (SSSR count). The maximum atomic E-state index is 13.6. The molecule has 0 amide bonds. The lowest BCUT2D eigenvalue weighted by Gasteiger charge is -2.19. The molecule has 19 heavy (non-hydrogen) atoms. The van der Waals surface area contributed by atoms with Gasteiger partial charge in [0.25, 0.3) is 0 Å². The summed E-state index contributed by atoms with van der Waals surface area (Å²) in [5.41, 5.74) is 9.50. The van der Waals surface area contributed by atoms with Crippen LogP contribution in [-0.2, 0) is 0 Å². The van der Waals surface area contributed by atoms with Crippen LogP contribution in [0.25, 0.3) is 0 Å². The van der Waals surface area contributed by atoms with Crippen LogP contribution in [0.3, 0.4) is 0 Å². The molecule has 0 aliphatic rings. The first-order valence-corrected chi connectivity index (χ1v) is 7.13. The van der Waals surface area contributed by atoms with Crippen LogP contribution in [0.5, 0.6) is 0 Å². The van der Waals surface area contributed by atoms with Gasteiger partial charge in [0.05, 0.1) is 14.9 Å². The number of nitrogen functional groups attached to an aromatic ring is 1. The van der Waals surface area contributed by atoms with Crippen molar-refractivity contribution >= 4 is 34.0 Å². The second-order valence-corrected chi connectivity index (χ2v) is 5.74. The standard InChI is InChI=1S/C15H16FIN2/c1-9-5-3-4-6-11(9)10(2)19-15-7-12(16)13(17)8-14(15)18/h3-8,10,19H,18H2,1-2H3. The molecule has 2 aromatic carbocycles. The van der Waals surface area contributed by atoms with E-state index >= 15 is 0 Å². The summed E-state index contributed by atoms with van der Waals surface area (Å²) in [5, 5.41) is 3.27. The number of hydrogen-bond donors (Lipinski definition) is 2. The van der Waals surface area contributed by atoms with Crippen molar-refractivity contribution in [1.82, 2.24) is 0 Å². The normalized spacial score (nSPS) is 12.2. The number of nitrogens with one attached hydrogen (secondary N) is 1. The van der Waals surface area contributed by atoms with Gasteiger partial charge in [-0.1, -0.05) is 24.3 Å². The zero-order valence-corrected chi connectivity index (χ0v) is 13.0. The molecule has 3 N–H and O–H groups in total. The Labute approximate surface area is 126 Å². The maximum absolute atomic E-state index is 13.6. The minimum Gasteiger partial charge on any atom is -0.397 e. The van der Waals surface area contributed by atoms with Crippen molar-refractivity contribution in [2.24, 2.45) is 0 Å². The molecule has 2 aromatic rings. The summed E-state index contributed by atoms with van der Waals surface area (Å²) in [6.45, 7) is 4.10. The first kappa shape index (κ1) is 14.1. The van der Waals surface area contributed by atoms with Gasteiger partial charge in [-0.05, 0) is 53.6 Å². The Kier molecular flexibility index (Phi) is 4.29. The molecule has 0 spiro atoms. The highest BCUT2D eigenvalue weighted by atomic mass is 127. The first-order chi connectivity index (χ1) is 8.99. The van der Waals surface area contributed by atoms with Crippen molar-refractivity contribution < 1.29 is 4.39 Å². The summed E-state index contributed by atoms with van der Waals surface area (Å²) >= 11 is 1.93. The second-order valence-electron chi connectivity index (χ2n) is 4.58. The SMILES string of the molecule is Cc1ccccc1C(C)Nc1cc(F)c(I)cc1N. The molecule has 0 aliphatic carbocycles. The van der Waals surface area contributed by atoms with Gasteiger partial charge in [-0.15, -0.1) is 0 Å². The second kappa shape index (κ2) is 5.77. The number of nitrogens with two attached hydrogens (primary N) is 1. The Balaban J connectivity index is 2.27. The number of benzene rings is 2. The van der Waals surface area contributed by atoms with Gasteiger partial charge in [-0.25, -0.2) is 4.39 Å². The Morgan fingerprint density at radius 1 is 1.26 bits per heavy atom. The smallest absolute Gasteiger partial charge is 0.138 e. The van der Waals surface area contributed by atoms with Crippen molar-refractivity contribution in [1.29, 1.82) is 0 Å². The molecule has 4 heteroatoms. The summed E-state index contributed by atoms with van der Waals surface area (Å²) in [5.74, 6) is -0.255. The topological polar surface area (TPSA) is 38.0 Å². The Bertz CT molecular complexity index is 599. The minimum absolute atomic E-state index is 0.0722. The minimum atomic E-state index is -0.255. The molecule has 1 unspecified atom stereocenters. The van der Waals surface area contributed by atoms with E-state index in [0.29, 0.717) is 14.9 Å². The average Bonchev–Trinajstić information content (AvgIpc) is 2.36. The third-order valence-corrected chi connectivity index (χ3v) is 3.95. The zero-order chi connectivity index (χ0) is 14.0. The molecule has 0 fully saturated rings. The Hall–Kier alpha value is -1.30. The van der Waals surface area contributed by atoms with Crippen LogP contribution < -0.4 is 11.1 Å². The van der Waals surface area contributed by atoms with Crippen LogP contribution in [0, 0.1) is 16.3 Å². The highest BCUT2D eigenvalue weighted by Crippen LogP contribution is 2.28. The van der Waals surface area contributed by atoms with Crippen LogP contribution >= 0.6 is 22.6 Å². The molecule has 0 aromatic heterocycles. The van der Waals surface area contributed by atoms with Crippen LogP contribution in [0.2, 0.25) is 0 Å². The number of rotatable bonds is 3. The van der Waals surface area contributed by atoms with Gasteiger partial charge in [0, 0.05) is 12.1 Å². The molecule has 0 bridgehead atoms. The maximum Gasteiger partial charge on any atom is 0.138 e. The number of anilines is 2. The molecule has 0 radical (unpaired) electrons. The fourth-order valence-electron chi connectivity index (χ4n) is 2.07. The van der Waals surface area contributed by atoms with E-state index < -0.39 is 0 Å². The highest BCUT2D eigenvalue weighted by molar-refractivity contribution is 14.1. The average molecular weight is 370 g/mol. The van der Waals surface area contributed by atoms with Crippen molar-refractivity contribution in [2.45, 2.75) is 19.9 Å². The predicted octanol–water partition coefficient (Wildman–Crippen LogP) is 4.49. The van der Waals surface area contributed by atoms with Crippen molar-refractivity contribution in [3.63, 3.8) is 0 Å². The van der Waals surface area contributed by atoms with Gasteiger partial charge in [-0.3, -0.25) is 0 Å². The van der Waals surface area contributed by atoms with Crippen molar-refractivity contribution in [3.05, 3.63) is 56.9 Å². The van der Waals surface area contributed by atoms with Crippen LogP contribution in [0.15, 0.2) is 36.4 Å². The van der Waals surface area contributed by atoms with Gasteiger partial charge >= 0.3 is 0 Å². The predicted molar refractivity (Wildman–Crippen MR) is 86.7 cm³/mol. The van der Waals surface area contributed by atoms with E-state index in [1.54, 1.807) is 6.07 Å². The fraction of sp³-hybridized carbons (Fsp3) is 0.200. The number of hydrogen-bond acceptors (Lipinski definition) is 2. The van der Waals surface area contributed by atoms with E-state index in [-0.39, 0.29) is 11.9 Å². The molecule has 100 valence electrons. The molecular formula is C15H16FIN2. The molecule has 0 saturated heterocycles. The summed E-state index contributed by atoms with van der Waals surface area (Å²) in [4.78, 5) is 0. The van der Waals surface area contributed by atoms with Crippen LogP contribution in [0.4, 0.5) is 15.8 Å². The summed E-state index contributed by atoms with van der Waals surface area (Å²) in [7, 11) is 0. The Morgan fingerprint density at radius 3 is 2.63 bits per heavy atom. The monoisotopic (exact) mass is 370 g/mol. The summed E-state index contributed by atoms with van der Waals surface area (Å²) in [6, 6.07) is 11.3. The van der Waals surface area contributed by atoms with Gasteiger partial charge in [0.15, 0.2) is 0 Å².